The Morgan fingerprint density at radius 3 is 2.34 bits per heavy atom. The molecule has 0 radical (unpaired) electrons. The topological polar surface area (TPSA) is 112 Å². The lowest BCUT2D eigenvalue weighted by Gasteiger charge is -2.17. The van der Waals surface area contributed by atoms with Crippen molar-refractivity contribution in [3.8, 4) is 11.5 Å². The first kappa shape index (κ1) is 24.4. The van der Waals surface area contributed by atoms with Crippen molar-refractivity contribution in [3.63, 3.8) is 0 Å². The van der Waals surface area contributed by atoms with Crippen LogP contribution in [0.25, 0.3) is 21.7 Å². The summed E-state index contributed by atoms with van der Waals surface area (Å²) in [6, 6.07) is 13.6. The van der Waals surface area contributed by atoms with E-state index < -0.39 is 27.7 Å². The normalized spacial score (nSPS) is 12.6. The Labute approximate surface area is 202 Å². The fourth-order valence-electron chi connectivity index (χ4n) is 3.78. The number of hydrogen-bond donors (Lipinski definition) is 1. The van der Waals surface area contributed by atoms with Crippen molar-refractivity contribution in [2.45, 2.75) is 38.1 Å². The summed E-state index contributed by atoms with van der Waals surface area (Å²) in [6.07, 6.45) is 0.179. The summed E-state index contributed by atoms with van der Waals surface area (Å²) < 4.78 is 44.2. The average molecular weight is 496 g/mol. The molecule has 4 aromatic rings. The van der Waals surface area contributed by atoms with Gasteiger partial charge < -0.3 is 13.9 Å². The van der Waals surface area contributed by atoms with Crippen LogP contribution in [0.15, 0.2) is 68.7 Å². The van der Waals surface area contributed by atoms with E-state index in [1.807, 2.05) is 6.92 Å². The third kappa shape index (κ3) is 4.78. The lowest BCUT2D eigenvalue weighted by Crippen LogP contribution is -2.42. The molecule has 1 unspecified atom stereocenters. The molecule has 1 atom stereocenters. The van der Waals surface area contributed by atoms with Gasteiger partial charge in [0.15, 0.2) is 0 Å². The van der Waals surface area contributed by atoms with Gasteiger partial charge in [-0.05, 0) is 62.7 Å². The Kier molecular flexibility index (Phi) is 6.64. The van der Waals surface area contributed by atoms with Crippen molar-refractivity contribution in [2.75, 3.05) is 7.11 Å². The number of ether oxygens (including phenoxy) is 2. The maximum Gasteiger partial charge on any atom is 0.344 e. The van der Waals surface area contributed by atoms with Crippen LogP contribution in [0.3, 0.4) is 0 Å². The van der Waals surface area contributed by atoms with Crippen LogP contribution in [0.4, 0.5) is 0 Å². The first-order valence-corrected chi connectivity index (χ1v) is 12.5. The number of benzene rings is 3. The van der Waals surface area contributed by atoms with Gasteiger partial charge in [0, 0.05) is 16.3 Å². The number of nitrogens with one attached hydrogen (secondary N) is 1. The number of aryl methyl sites for hydroxylation is 2. The largest absolute Gasteiger partial charge is 0.497 e. The number of methoxy groups -OCH3 is 1. The van der Waals surface area contributed by atoms with Gasteiger partial charge in [0.2, 0.25) is 10.0 Å². The number of fused-ring (bicyclic) bond motifs is 3. The van der Waals surface area contributed by atoms with E-state index in [9.17, 15) is 18.0 Å². The second-order valence-electron chi connectivity index (χ2n) is 8.18. The molecule has 1 N–H and O–H groups in total. The number of carbonyl (C=O) groups is 1. The summed E-state index contributed by atoms with van der Waals surface area (Å²) in [5.74, 6) is -0.0601. The number of hydrogen-bond acceptors (Lipinski definition) is 7. The van der Waals surface area contributed by atoms with Crippen molar-refractivity contribution in [1.82, 2.24) is 4.72 Å². The lowest BCUT2D eigenvalue weighted by molar-refractivity contribution is -0.136. The molecule has 0 amide bonds. The van der Waals surface area contributed by atoms with E-state index in [1.54, 1.807) is 56.3 Å². The molecule has 4 rings (SSSR count). The van der Waals surface area contributed by atoms with Gasteiger partial charge in [-0.3, -0.25) is 0 Å². The van der Waals surface area contributed by atoms with Crippen LogP contribution in [0, 0.1) is 13.8 Å². The molecule has 0 aliphatic carbocycles. The van der Waals surface area contributed by atoms with Crippen LogP contribution >= 0.6 is 0 Å². The third-order valence-electron chi connectivity index (χ3n) is 5.82. The summed E-state index contributed by atoms with van der Waals surface area (Å²) in [5.41, 5.74) is 1.10. The standard InChI is InChI=1S/C26H25NO7S/c1-5-22(27-35(30,31)18-9-6-15(2)7-10-18)26(29)33-23-13-12-20-19-11-8-17(32-4)14-21(19)25(28)34-24(20)16(23)3/h6-14,22,27H,5H2,1-4H3. The quantitative estimate of drug-likeness (QED) is 0.177. The molecule has 8 nitrogen and oxygen atoms in total. The van der Waals surface area contributed by atoms with E-state index in [0.29, 0.717) is 27.5 Å². The first-order valence-electron chi connectivity index (χ1n) is 11.0. The molecule has 0 aliphatic rings. The van der Waals surface area contributed by atoms with Crippen LogP contribution in [-0.2, 0) is 14.8 Å². The fourth-order valence-corrected chi connectivity index (χ4v) is 5.05. The summed E-state index contributed by atoms with van der Waals surface area (Å²) in [7, 11) is -2.41. The molecule has 3 aromatic carbocycles. The van der Waals surface area contributed by atoms with Crippen molar-refractivity contribution >= 4 is 37.7 Å². The molecule has 0 saturated heterocycles. The minimum Gasteiger partial charge on any atom is -0.497 e. The number of carbonyl (C=O) groups excluding carboxylic acids is 1. The molecule has 9 heteroatoms. The smallest absolute Gasteiger partial charge is 0.344 e. The highest BCUT2D eigenvalue weighted by atomic mass is 32.2. The molecule has 0 aliphatic heterocycles. The van der Waals surface area contributed by atoms with Gasteiger partial charge in [-0.15, -0.1) is 0 Å². The van der Waals surface area contributed by atoms with Gasteiger partial charge in [-0.2, -0.15) is 4.72 Å². The second kappa shape index (κ2) is 9.52. The number of sulfonamides is 1. The van der Waals surface area contributed by atoms with Crippen LogP contribution in [-0.4, -0.2) is 27.5 Å². The van der Waals surface area contributed by atoms with Gasteiger partial charge in [0.05, 0.1) is 17.4 Å². The monoisotopic (exact) mass is 495 g/mol. The van der Waals surface area contributed by atoms with Crippen LogP contribution in [0.1, 0.15) is 24.5 Å². The molecular weight excluding hydrogens is 470 g/mol. The number of rotatable bonds is 7. The molecule has 0 bridgehead atoms. The van der Waals surface area contributed by atoms with Crippen molar-refractivity contribution in [1.29, 1.82) is 0 Å². The maximum atomic E-state index is 12.9. The molecular formula is C26H25NO7S. The SMILES string of the molecule is CCC(NS(=O)(=O)c1ccc(C)cc1)C(=O)Oc1ccc2c(oc(=O)c3cc(OC)ccc32)c1C. The first-order chi connectivity index (χ1) is 16.6. The van der Waals surface area contributed by atoms with Gasteiger partial charge >= 0.3 is 11.6 Å². The zero-order chi connectivity index (χ0) is 25.3. The molecule has 0 saturated carbocycles. The number of esters is 1. The van der Waals surface area contributed by atoms with Gasteiger partial charge in [-0.25, -0.2) is 18.0 Å². The zero-order valence-corrected chi connectivity index (χ0v) is 20.6. The molecule has 35 heavy (non-hydrogen) atoms. The molecule has 0 spiro atoms. The van der Waals surface area contributed by atoms with E-state index in [1.165, 1.54) is 19.2 Å². The van der Waals surface area contributed by atoms with Crippen molar-refractivity contribution in [3.05, 3.63) is 76.1 Å². The Hall–Kier alpha value is -3.69. The van der Waals surface area contributed by atoms with E-state index >= 15 is 0 Å². The highest BCUT2D eigenvalue weighted by Crippen LogP contribution is 2.32. The Morgan fingerprint density at radius 2 is 1.69 bits per heavy atom. The summed E-state index contributed by atoms with van der Waals surface area (Å²) >= 11 is 0. The van der Waals surface area contributed by atoms with E-state index in [4.69, 9.17) is 13.9 Å². The molecule has 182 valence electrons. The summed E-state index contributed by atoms with van der Waals surface area (Å²) in [6.45, 7) is 5.20. The van der Waals surface area contributed by atoms with E-state index in [2.05, 4.69) is 4.72 Å². The van der Waals surface area contributed by atoms with Crippen LogP contribution in [0.2, 0.25) is 0 Å². The minimum absolute atomic E-state index is 0.0570. The highest BCUT2D eigenvalue weighted by Gasteiger charge is 2.27. The minimum atomic E-state index is -3.93. The van der Waals surface area contributed by atoms with Gasteiger partial charge in [-0.1, -0.05) is 24.6 Å². The van der Waals surface area contributed by atoms with Gasteiger partial charge in [0.1, 0.15) is 23.1 Å². The van der Waals surface area contributed by atoms with Crippen LogP contribution in [0.5, 0.6) is 11.5 Å². The zero-order valence-electron chi connectivity index (χ0n) is 19.7. The Balaban J connectivity index is 1.64. The summed E-state index contributed by atoms with van der Waals surface area (Å²) in [4.78, 5) is 25.6. The Bertz CT molecular complexity index is 1590. The second-order valence-corrected chi connectivity index (χ2v) is 9.90. The van der Waals surface area contributed by atoms with Crippen molar-refractivity contribution in [2.24, 2.45) is 0 Å². The van der Waals surface area contributed by atoms with Crippen molar-refractivity contribution < 1.29 is 27.1 Å². The lowest BCUT2D eigenvalue weighted by atomic mass is 10.0. The molecule has 0 fully saturated rings. The summed E-state index contributed by atoms with van der Waals surface area (Å²) in [5, 5.41) is 1.72. The highest BCUT2D eigenvalue weighted by molar-refractivity contribution is 7.89. The molecule has 1 heterocycles. The Morgan fingerprint density at radius 1 is 1.00 bits per heavy atom. The predicted octanol–water partition coefficient (Wildman–Crippen LogP) is 4.23. The maximum absolute atomic E-state index is 12.9. The molecule has 1 aromatic heterocycles. The van der Waals surface area contributed by atoms with E-state index in [0.717, 1.165) is 5.56 Å². The average Bonchev–Trinajstić information content (AvgIpc) is 2.84. The van der Waals surface area contributed by atoms with E-state index in [-0.39, 0.29) is 22.6 Å². The van der Waals surface area contributed by atoms with Gasteiger partial charge in [0.25, 0.3) is 0 Å². The third-order valence-corrected chi connectivity index (χ3v) is 7.31. The predicted molar refractivity (Wildman–Crippen MR) is 132 cm³/mol. The fraction of sp³-hybridized carbons (Fsp3) is 0.231. The van der Waals surface area contributed by atoms with Crippen LogP contribution < -0.4 is 19.8 Å².